The van der Waals surface area contributed by atoms with Crippen LogP contribution in [0.1, 0.15) is 18.2 Å². The van der Waals surface area contributed by atoms with Crippen molar-refractivity contribution in [2.75, 3.05) is 0 Å². The van der Waals surface area contributed by atoms with E-state index in [9.17, 15) is 9.59 Å². The summed E-state index contributed by atoms with van der Waals surface area (Å²) in [6.45, 7) is 3.29. The molecule has 0 unspecified atom stereocenters. The van der Waals surface area contributed by atoms with Gasteiger partial charge in [-0.2, -0.15) is 4.99 Å². The van der Waals surface area contributed by atoms with Crippen molar-refractivity contribution >= 4 is 46.4 Å². The number of hydrogen-bond donors (Lipinski definition) is 1. The molecule has 1 aliphatic rings. The lowest BCUT2D eigenvalue weighted by Gasteiger charge is -2.01. The van der Waals surface area contributed by atoms with Crippen LogP contribution in [0.15, 0.2) is 44.6 Å². The molecule has 0 saturated carbocycles. The van der Waals surface area contributed by atoms with Gasteiger partial charge >= 0.3 is 0 Å². The number of amidine groups is 1. The van der Waals surface area contributed by atoms with Gasteiger partial charge in [-0.1, -0.05) is 23.7 Å². The second-order valence-electron chi connectivity index (χ2n) is 5.18. The van der Waals surface area contributed by atoms with Crippen LogP contribution in [-0.2, 0) is 9.59 Å². The molecule has 2 heterocycles. The van der Waals surface area contributed by atoms with Gasteiger partial charge in [0, 0.05) is 23.6 Å². The van der Waals surface area contributed by atoms with E-state index in [0.29, 0.717) is 21.4 Å². The molecule has 0 saturated heterocycles. The van der Waals surface area contributed by atoms with Crippen LogP contribution >= 0.6 is 23.4 Å². The minimum Gasteiger partial charge on any atom is -0.457 e. The summed E-state index contributed by atoms with van der Waals surface area (Å²) in [5, 5.41) is 3.44. The second-order valence-corrected chi connectivity index (χ2v) is 6.62. The third-order valence-electron chi connectivity index (χ3n) is 3.26. The topological polar surface area (TPSA) is 71.7 Å². The summed E-state index contributed by atoms with van der Waals surface area (Å²) < 4.78 is 5.75. The van der Waals surface area contributed by atoms with E-state index in [0.717, 1.165) is 22.9 Å². The van der Waals surface area contributed by atoms with Gasteiger partial charge in [0.2, 0.25) is 5.91 Å². The number of amides is 2. The Bertz CT molecular complexity index is 899. The van der Waals surface area contributed by atoms with E-state index in [4.69, 9.17) is 16.0 Å². The molecule has 24 heavy (non-hydrogen) atoms. The maximum Gasteiger partial charge on any atom is 0.286 e. The van der Waals surface area contributed by atoms with Crippen molar-refractivity contribution in [3.05, 3.63) is 51.6 Å². The first kappa shape index (κ1) is 16.5. The molecule has 122 valence electrons. The highest BCUT2D eigenvalue weighted by molar-refractivity contribution is 8.18. The number of carbonyl (C=O) groups is 2. The number of rotatable bonds is 2. The summed E-state index contributed by atoms with van der Waals surface area (Å²) in [6.07, 6.45) is 1.60. The molecule has 1 N–H and O–H groups in total. The molecule has 0 aliphatic carbocycles. The molecular weight excluding hydrogens is 348 g/mol. The van der Waals surface area contributed by atoms with Gasteiger partial charge in [-0.3, -0.25) is 9.59 Å². The normalized spacial score (nSPS) is 15.7. The lowest BCUT2D eigenvalue weighted by atomic mass is 10.1. The zero-order valence-electron chi connectivity index (χ0n) is 12.9. The molecule has 3 rings (SSSR count). The number of carbonyl (C=O) groups excluding carboxylic acids is 2. The first-order chi connectivity index (χ1) is 11.4. The summed E-state index contributed by atoms with van der Waals surface area (Å²) in [5.41, 5.74) is 1.85. The van der Waals surface area contributed by atoms with Gasteiger partial charge in [-0.25, -0.2) is 0 Å². The standard InChI is InChI=1S/C17H13ClN2O3S/c1-9-3-4-11(7-13(9)18)14-6-5-12(23-14)8-15-16(22)20-17(24-15)19-10(2)21/h3-8H,1-2H3,(H,19,20,21,22)/b15-8+. The maximum absolute atomic E-state index is 11.8. The molecule has 5 nitrogen and oxygen atoms in total. The average Bonchev–Trinajstić information content (AvgIpc) is 3.09. The molecule has 1 aromatic heterocycles. The monoisotopic (exact) mass is 360 g/mol. The molecule has 0 spiro atoms. The minimum atomic E-state index is -0.403. The smallest absolute Gasteiger partial charge is 0.286 e. The molecule has 0 atom stereocenters. The maximum atomic E-state index is 11.8. The van der Waals surface area contributed by atoms with Crippen LogP contribution in [-0.4, -0.2) is 17.0 Å². The number of nitrogens with one attached hydrogen (secondary N) is 1. The van der Waals surface area contributed by atoms with Crippen molar-refractivity contribution < 1.29 is 14.0 Å². The number of hydrogen-bond acceptors (Lipinski definition) is 4. The van der Waals surface area contributed by atoms with E-state index in [1.54, 1.807) is 12.1 Å². The van der Waals surface area contributed by atoms with Crippen LogP contribution in [0.25, 0.3) is 17.4 Å². The summed E-state index contributed by atoms with van der Waals surface area (Å²) in [5.74, 6) is 0.505. The van der Waals surface area contributed by atoms with Gasteiger partial charge in [-0.05, 0) is 42.4 Å². The van der Waals surface area contributed by atoms with Crippen LogP contribution in [0.3, 0.4) is 0 Å². The van der Waals surface area contributed by atoms with E-state index in [-0.39, 0.29) is 11.1 Å². The molecule has 1 aliphatic heterocycles. The Morgan fingerprint density at radius 1 is 1.33 bits per heavy atom. The molecule has 0 bridgehead atoms. The van der Waals surface area contributed by atoms with E-state index >= 15 is 0 Å². The highest BCUT2D eigenvalue weighted by Gasteiger charge is 2.23. The number of thioether (sulfide) groups is 1. The predicted octanol–water partition coefficient (Wildman–Crippen LogP) is 4.01. The fourth-order valence-corrected chi connectivity index (χ4v) is 3.09. The lowest BCUT2D eigenvalue weighted by Crippen LogP contribution is -2.23. The van der Waals surface area contributed by atoms with Crippen LogP contribution in [0.5, 0.6) is 0 Å². The first-order valence-corrected chi connectivity index (χ1v) is 8.28. The van der Waals surface area contributed by atoms with Crippen molar-refractivity contribution in [3.8, 4) is 11.3 Å². The number of aliphatic imine (C=N–C) groups is 1. The van der Waals surface area contributed by atoms with Gasteiger partial charge in [-0.15, -0.1) is 0 Å². The third kappa shape index (κ3) is 3.60. The average molecular weight is 361 g/mol. The zero-order chi connectivity index (χ0) is 17.3. The van der Waals surface area contributed by atoms with Gasteiger partial charge in [0.05, 0.1) is 4.91 Å². The highest BCUT2D eigenvalue weighted by Crippen LogP contribution is 2.31. The van der Waals surface area contributed by atoms with Crippen molar-refractivity contribution in [3.63, 3.8) is 0 Å². The Morgan fingerprint density at radius 2 is 2.12 bits per heavy atom. The predicted molar refractivity (Wildman–Crippen MR) is 95.7 cm³/mol. The summed E-state index contributed by atoms with van der Waals surface area (Å²) >= 11 is 7.23. The van der Waals surface area contributed by atoms with E-state index in [2.05, 4.69) is 10.3 Å². The fraction of sp³-hybridized carbons (Fsp3) is 0.118. The number of aryl methyl sites for hydroxylation is 1. The molecular formula is C17H13ClN2O3S. The molecule has 0 fully saturated rings. The van der Waals surface area contributed by atoms with Gasteiger partial charge in [0.25, 0.3) is 5.91 Å². The van der Waals surface area contributed by atoms with E-state index in [1.165, 1.54) is 6.92 Å². The second kappa shape index (κ2) is 6.67. The number of nitrogens with zero attached hydrogens (tertiary/aromatic N) is 1. The summed E-state index contributed by atoms with van der Waals surface area (Å²) in [7, 11) is 0. The number of benzene rings is 1. The van der Waals surface area contributed by atoms with E-state index < -0.39 is 5.91 Å². The summed E-state index contributed by atoms with van der Waals surface area (Å²) in [4.78, 5) is 27.0. The van der Waals surface area contributed by atoms with Crippen LogP contribution in [0.4, 0.5) is 0 Å². The Balaban J connectivity index is 1.80. The van der Waals surface area contributed by atoms with Crippen LogP contribution < -0.4 is 5.32 Å². The van der Waals surface area contributed by atoms with Crippen LogP contribution in [0, 0.1) is 6.92 Å². The van der Waals surface area contributed by atoms with Crippen molar-refractivity contribution in [2.45, 2.75) is 13.8 Å². The Morgan fingerprint density at radius 3 is 2.83 bits per heavy atom. The SMILES string of the molecule is CC(=O)NC1=NC(=O)/C(=C\c2ccc(-c3ccc(C)c(Cl)c3)o2)S1. The third-order valence-corrected chi connectivity index (χ3v) is 4.57. The summed E-state index contributed by atoms with van der Waals surface area (Å²) in [6, 6.07) is 9.25. The Labute approximate surface area is 147 Å². The molecule has 2 aromatic rings. The number of furan rings is 1. The minimum absolute atomic E-state index is 0.271. The largest absolute Gasteiger partial charge is 0.457 e. The molecule has 1 aromatic carbocycles. The molecule has 2 amide bonds. The van der Waals surface area contributed by atoms with Crippen molar-refractivity contribution in [2.24, 2.45) is 4.99 Å². The zero-order valence-corrected chi connectivity index (χ0v) is 14.5. The van der Waals surface area contributed by atoms with E-state index in [1.807, 2.05) is 31.2 Å². The fourth-order valence-electron chi connectivity index (χ4n) is 2.07. The van der Waals surface area contributed by atoms with Crippen molar-refractivity contribution in [1.82, 2.24) is 5.32 Å². The molecule has 7 heteroatoms. The lowest BCUT2D eigenvalue weighted by molar-refractivity contribution is -0.117. The Kier molecular flexibility index (Phi) is 4.59. The van der Waals surface area contributed by atoms with Crippen LogP contribution in [0.2, 0.25) is 5.02 Å². The van der Waals surface area contributed by atoms with Gasteiger partial charge < -0.3 is 9.73 Å². The molecule has 0 radical (unpaired) electrons. The highest BCUT2D eigenvalue weighted by atomic mass is 35.5. The Hall–Kier alpha value is -2.31. The van der Waals surface area contributed by atoms with Gasteiger partial charge in [0.15, 0.2) is 5.17 Å². The van der Waals surface area contributed by atoms with Gasteiger partial charge in [0.1, 0.15) is 11.5 Å². The number of halogens is 1. The first-order valence-electron chi connectivity index (χ1n) is 7.09. The quantitative estimate of drug-likeness (QED) is 0.821. The van der Waals surface area contributed by atoms with Crippen molar-refractivity contribution in [1.29, 1.82) is 0 Å².